The lowest BCUT2D eigenvalue weighted by Crippen LogP contribution is -2.34. The van der Waals surface area contributed by atoms with Crippen LogP contribution in [0.2, 0.25) is 0 Å². The summed E-state index contributed by atoms with van der Waals surface area (Å²) < 4.78 is 11.6. The highest BCUT2D eigenvalue weighted by atomic mass is 16.5. The lowest BCUT2D eigenvalue weighted by molar-refractivity contribution is -0.151. The van der Waals surface area contributed by atoms with Gasteiger partial charge in [0, 0.05) is 18.2 Å². The number of amides is 1. The van der Waals surface area contributed by atoms with Crippen LogP contribution in [0, 0.1) is 12.3 Å². The molecule has 2 aromatic carbocycles. The van der Waals surface area contributed by atoms with Gasteiger partial charge in [-0.15, -0.1) is 0 Å². The minimum absolute atomic E-state index is 0.0632. The van der Waals surface area contributed by atoms with Gasteiger partial charge in [0.15, 0.2) is 0 Å². The first-order valence-corrected chi connectivity index (χ1v) is 14.8. The summed E-state index contributed by atoms with van der Waals surface area (Å²) in [7, 11) is 0. The Hall–Kier alpha value is -4.13. The molecule has 0 aliphatic carbocycles. The van der Waals surface area contributed by atoms with E-state index in [1.54, 1.807) is 19.9 Å². The SMILES string of the molecule is CCC(CC)(CC(=O)Nc1cccc(C=Cc2nc(OCCCCc3ccc(OC(C)C)cc3)ccc2C)c1)C(=O)O. The first kappa shape index (κ1) is 32.4. The van der Waals surface area contributed by atoms with E-state index >= 15 is 0 Å². The van der Waals surface area contributed by atoms with Gasteiger partial charge in [0.2, 0.25) is 11.8 Å². The van der Waals surface area contributed by atoms with Gasteiger partial charge in [-0.25, -0.2) is 4.98 Å². The molecular formula is C35H44N2O5. The molecule has 0 spiro atoms. The molecule has 0 unspecified atom stereocenters. The van der Waals surface area contributed by atoms with Crippen LogP contribution in [-0.2, 0) is 16.0 Å². The number of rotatable bonds is 16. The van der Waals surface area contributed by atoms with E-state index in [0.717, 1.165) is 41.8 Å². The molecule has 0 radical (unpaired) electrons. The second-order valence-electron chi connectivity index (χ2n) is 10.9. The fourth-order valence-corrected chi connectivity index (χ4v) is 4.68. The first-order valence-electron chi connectivity index (χ1n) is 14.8. The van der Waals surface area contributed by atoms with Gasteiger partial charge < -0.3 is 19.9 Å². The largest absolute Gasteiger partial charge is 0.491 e. The Morgan fingerprint density at radius 1 is 1.00 bits per heavy atom. The molecule has 0 aliphatic rings. The summed E-state index contributed by atoms with van der Waals surface area (Å²) >= 11 is 0. The molecule has 42 heavy (non-hydrogen) atoms. The number of carboxylic acids is 1. The molecule has 2 N–H and O–H groups in total. The average molecular weight is 573 g/mol. The zero-order valence-electron chi connectivity index (χ0n) is 25.5. The average Bonchev–Trinajstić information content (AvgIpc) is 2.96. The maximum atomic E-state index is 12.6. The van der Waals surface area contributed by atoms with E-state index in [-0.39, 0.29) is 18.4 Å². The molecule has 1 heterocycles. The van der Waals surface area contributed by atoms with Crippen LogP contribution >= 0.6 is 0 Å². The number of carboxylic acid groups (broad SMARTS) is 1. The normalized spacial score (nSPS) is 11.6. The van der Waals surface area contributed by atoms with Crippen LogP contribution in [0.15, 0.2) is 60.7 Å². The fraction of sp³-hybridized carbons (Fsp3) is 0.400. The van der Waals surface area contributed by atoms with Crippen molar-refractivity contribution in [3.05, 3.63) is 83.0 Å². The molecule has 0 bridgehead atoms. The predicted octanol–water partition coefficient (Wildman–Crippen LogP) is 7.97. The Balaban J connectivity index is 1.52. The third kappa shape index (κ3) is 9.75. The number of aromatic nitrogens is 1. The monoisotopic (exact) mass is 572 g/mol. The van der Waals surface area contributed by atoms with Crippen molar-refractivity contribution in [3.8, 4) is 11.6 Å². The topological polar surface area (TPSA) is 97.8 Å². The highest BCUT2D eigenvalue weighted by Crippen LogP contribution is 2.31. The van der Waals surface area contributed by atoms with Crippen LogP contribution in [0.25, 0.3) is 12.2 Å². The van der Waals surface area contributed by atoms with E-state index in [0.29, 0.717) is 31.0 Å². The van der Waals surface area contributed by atoms with E-state index in [1.165, 1.54) is 5.56 Å². The molecule has 0 saturated heterocycles. The number of hydrogen-bond donors (Lipinski definition) is 2. The Kier molecular flexibility index (Phi) is 12.1. The van der Waals surface area contributed by atoms with Crippen molar-refractivity contribution in [2.75, 3.05) is 11.9 Å². The van der Waals surface area contributed by atoms with E-state index < -0.39 is 11.4 Å². The van der Waals surface area contributed by atoms with Gasteiger partial charge >= 0.3 is 5.97 Å². The Morgan fingerprint density at radius 2 is 1.74 bits per heavy atom. The minimum Gasteiger partial charge on any atom is -0.491 e. The number of nitrogens with zero attached hydrogens (tertiary/aromatic N) is 1. The third-order valence-electron chi connectivity index (χ3n) is 7.43. The van der Waals surface area contributed by atoms with Crippen molar-refractivity contribution >= 4 is 29.7 Å². The summed E-state index contributed by atoms with van der Waals surface area (Å²) in [4.78, 5) is 29.1. The second-order valence-corrected chi connectivity index (χ2v) is 10.9. The van der Waals surface area contributed by atoms with Gasteiger partial charge in [-0.3, -0.25) is 9.59 Å². The van der Waals surface area contributed by atoms with Gasteiger partial charge in [-0.1, -0.05) is 50.3 Å². The van der Waals surface area contributed by atoms with Crippen molar-refractivity contribution < 1.29 is 24.2 Å². The first-order chi connectivity index (χ1) is 20.1. The molecule has 0 atom stereocenters. The van der Waals surface area contributed by atoms with Crippen molar-refractivity contribution in [2.24, 2.45) is 5.41 Å². The number of pyridine rings is 1. The summed E-state index contributed by atoms with van der Waals surface area (Å²) in [5.74, 6) is 0.242. The molecule has 0 fully saturated rings. The smallest absolute Gasteiger partial charge is 0.310 e. The number of aryl methyl sites for hydroxylation is 2. The van der Waals surface area contributed by atoms with E-state index in [2.05, 4.69) is 22.4 Å². The molecule has 3 rings (SSSR count). The molecular weight excluding hydrogens is 528 g/mol. The summed E-state index contributed by atoms with van der Waals surface area (Å²) in [5, 5.41) is 12.5. The molecule has 0 aliphatic heterocycles. The maximum Gasteiger partial charge on any atom is 0.310 e. The highest BCUT2D eigenvalue weighted by molar-refractivity contribution is 5.94. The quantitative estimate of drug-likeness (QED) is 0.169. The number of ether oxygens (including phenoxy) is 2. The van der Waals surface area contributed by atoms with Crippen LogP contribution in [0.5, 0.6) is 11.6 Å². The Morgan fingerprint density at radius 3 is 2.40 bits per heavy atom. The number of unbranched alkanes of at least 4 members (excludes halogenated alkanes) is 1. The highest BCUT2D eigenvalue weighted by Gasteiger charge is 2.37. The lowest BCUT2D eigenvalue weighted by atomic mass is 9.79. The fourth-order valence-electron chi connectivity index (χ4n) is 4.68. The van der Waals surface area contributed by atoms with Crippen molar-refractivity contribution in [2.45, 2.75) is 79.2 Å². The van der Waals surface area contributed by atoms with Crippen LogP contribution < -0.4 is 14.8 Å². The summed E-state index contributed by atoms with van der Waals surface area (Å²) in [6.45, 7) is 10.2. The Bertz CT molecular complexity index is 1340. The molecule has 7 nitrogen and oxygen atoms in total. The van der Waals surface area contributed by atoms with Crippen LogP contribution in [0.1, 0.15) is 82.2 Å². The lowest BCUT2D eigenvalue weighted by Gasteiger charge is -2.25. The van der Waals surface area contributed by atoms with Crippen molar-refractivity contribution in [1.82, 2.24) is 4.98 Å². The van der Waals surface area contributed by atoms with Crippen LogP contribution in [-0.4, -0.2) is 34.7 Å². The van der Waals surface area contributed by atoms with E-state index in [4.69, 9.17) is 9.47 Å². The number of benzene rings is 2. The predicted molar refractivity (Wildman–Crippen MR) is 169 cm³/mol. The molecule has 0 saturated carbocycles. The number of anilines is 1. The Labute approximate surface area is 250 Å². The standard InChI is InChI=1S/C35H44N2O5/c1-6-35(7-2,34(39)40)24-32(38)36-29-13-10-12-28(23-29)17-20-31-26(5)14-21-33(37-31)41-22-9-8-11-27-15-18-30(19-16-27)42-25(3)4/h10,12-21,23,25H,6-9,11,22,24H2,1-5H3,(H,36,38)(H,39,40). The molecule has 3 aromatic rings. The van der Waals surface area contributed by atoms with Crippen molar-refractivity contribution in [1.29, 1.82) is 0 Å². The van der Waals surface area contributed by atoms with Gasteiger partial charge in [0.05, 0.1) is 23.8 Å². The zero-order chi connectivity index (χ0) is 30.5. The summed E-state index contributed by atoms with van der Waals surface area (Å²) in [6, 6.07) is 19.6. The summed E-state index contributed by atoms with van der Waals surface area (Å²) in [6.07, 6.45) is 7.69. The van der Waals surface area contributed by atoms with Crippen molar-refractivity contribution in [3.63, 3.8) is 0 Å². The number of carbonyl (C=O) groups is 2. The van der Waals surface area contributed by atoms with Gasteiger partial charge in [-0.2, -0.15) is 0 Å². The molecule has 1 amide bonds. The molecule has 224 valence electrons. The zero-order valence-corrected chi connectivity index (χ0v) is 25.5. The van der Waals surface area contributed by atoms with Gasteiger partial charge in [0.25, 0.3) is 0 Å². The summed E-state index contributed by atoms with van der Waals surface area (Å²) in [5.41, 5.74) is 3.58. The van der Waals surface area contributed by atoms with Crippen LogP contribution in [0.3, 0.4) is 0 Å². The van der Waals surface area contributed by atoms with Crippen LogP contribution in [0.4, 0.5) is 5.69 Å². The van der Waals surface area contributed by atoms with E-state index in [1.807, 2.05) is 75.4 Å². The van der Waals surface area contributed by atoms with E-state index in [9.17, 15) is 14.7 Å². The van der Waals surface area contributed by atoms with Gasteiger partial charge in [0.1, 0.15) is 5.75 Å². The number of aliphatic carboxylic acids is 1. The molecule has 7 heteroatoms. The third-order valence-corrected chi connectivity index (χ3v) is 7.43. The second kappa shape index (κ2) is 15.8. The number of nitrogens with one attached hydrogen (secondary N) is 1. The van der Waals surface area contributed by atoms with Gasteiger partial charge in [-0.05, 0) is 99.9 Å². The number of hydrogen-bond acceptors (Lipinski definition) is 5. The molecule has 1 aromatic heterocycles. The minimum atomic E-state index is -1.05. The maximum absolute atomic E-state index is 12.6. The number of carbonyl (C=O) groups excluding carboxylic acids is 1.